The molecule has 31 heavy (non-hydrogen) atoms. The van der Waals surface area contributed by atoms with Gasteiger partial charge in [0.25, 0.3) is 5.91 Å². The molecule has 7 heteroatoms. The number of carbonyl (C=O) groups is 1. The zero-order valence-electron chi connectivity index (χ0n) is 17.6. The third kappa shape index (κ3) is 6.45. The maximum Gasteiger partial charge on any atom is 0.271 e. The zero-order valence-corrected chi connectivity index (χ0v) is 19.8. The molecule has 0 atom stereocenters. The van der Waals surface area contributed by atoms with E-state index < -0.39 is 0 Å². The van der Waals surface area contributed by atoms with Crippen molar-refractivity contribution in [1.82, 2.24) is 5.43 Å². The molecule has 0 aliphatic rings. The second-order valence-corrected chi connectivity index (χ2v) is 8.21. The molecule has 0 saturated carbocycles. The smallest absolute Gasteiger partial charge is 0.271 e. The van der Waals surface area contributed by atoms with Crippen LogP contribution in [-0.4, -0.2) is 33.3 Å². The first-order valence-electron chi connectivity index (χ1n) is 9.62. The summed E-state index contributed by atoms with van der Waals surface area (Å²) in [7, 11) is 5.44. The Hall–Kier alpha value is -3.07. The Bertz CT molecular complexity index is 1070. The Balaban J connectivity index is 1.62. The third-order valence-electron chi connectivity index (χ3n) is 4.50. The lowest BCUT2D eigenvalue weighted by atomic mass is 10.2. The Morgan fingerprint density at radius 1 is 1.06 bits per heavy atom. The Morgan fingerprint density at radius 2 is 1.84 bits per heavy atom. The number of rotatable bonds is 8. The number of anilines is 1. The molecule has 0 radical (unpaired) electrons. The molecule has 0 aliphatic heterocycles. The lowest BCUT2D eigenvalue weighted by Gasteiger charge is -2.13. The lowest BCUT2D eigenvalue weighted by molar-refractivity contribution is 0.0955. The van der Waals surface area contributed by atoms with Gasteiger partial charge in [0.15, 0.2) is 11.5 Å². The summed E-state index contributed by atoms with van der Waals surface area (Å²) in [6.07, 6.45) is 1.57. The molecule has 0 aliphatic carbocycles. The normalized spacial score (nSPS) is 10.7. The highest BCUT2D eigenvalue weighted by atomic mass is 127. The van der Waals surface area contributed by atoms with Crippen molar-refractivity contribution in [2.24, 2.45) is 5.10 Å². The van der Waals surface area contributed by atoms with E-state index in [1.54, 1.807) is 19.4 Å². The van der Waals surface area contributed by atoms with Crippen LogP contribution in [0.2, 0.25) is 0 Å². The van der Waals surface area contributed by atoms with Crippen LogP contribution in [0.25, 0.3) is 0 Å². The largest absolute Gasteiger partial charge is 0.493 e. The van der Waals surface area contributed by atoms with Crippen molar-refractivity contribution in [2.75, 3.05) is 26.1 Å². The molecule has 0 fully saturated rings. The molecular weight excluding hydrogens is 505 g/mol. The summed E-state index contributed by atoms with van der Waals surface area (Å²) in [6.45, 7) is 0.447. The van der Waals surface area contributed by atoms with E-state index in [2.05, 4.69) is 33.1 Å². The first kappa shape index (κ1) is 22.6. The number of methoxy groups -OCH3 is 1. The molecule has 3 rings (SSSR count). The van der Waals surface area contributed by atoms with Gasteiger partial charge in [0.2, 0.25) is 0 Å². The third-order valence-corrected chi connectivity index (χ3v) is 5.22. The van der Waals surface area contributed by atoms with Crippen LogP contribution >= 0.6 is 22.6 Å². The van der Waals surface area contributed by atoms with Gasteiger partial charge in [-0.05, 0) is 82.2 Å². The molecule has 160 valence electrons. The topological polar surface area (TPSA) is 63.2 Å². The van der Waals surface area contributed by atoms with Crippen LogP contribution in [0.1, 0.15) is 21.5 Å². The number of benzene rings is 3. The molecule has 0 aromatic heterocycles. The average molecular weight is 529 g/mol. The minimum atomic E-state index is -0.274. The molecule has 0 heterocycles. The number of carbonyl (C=O) groups excluding carboxylic acids is 1. The van der Waals surface area contributed by atoms with E-state index in [4.69, 9.17) is 9.47 Å². The minimum absolute atomic E-state index is 0.274. The predicted octanol–water partition coefficient (Wildman–Crippen LogP) is 4.71. The van der Waals surface area contributed by atoms with Crippen LogP contribution in [0.3, 0.4) is 0 Å². The summed E-state index contributed by atoms with van der Waals surface area (Å²) in [5, 5.41) is 4.06. The summed E-state index contributed by atoms with van der Waals surface area (Å²) in [4.78, 5) is 14.3. The molecule has 1 amide bonds. The monoisotopic (exact) mass is 529 g/mol. The summed E-state index contributed by atoms with van der Waals surface area (Å²) in [5.41, 5.74) is 5.90. The van der Waals surface area contributed by atoms with Gasteiger partial charge in [-0.2, -0.15) is 5.10 Å². The quantitative estimate of drug-likeness (QED) is 0.261. The van der Waals surface area contributed by atoms with Crippen molar-refractivity contribution in [1.29, 1.82) is 0 Å². The van der Waals surface area contributed by atoms with Gasteiger partial charge in [-0.3, -0.25) is 4.79 Å². The van der Waals surface area contributed by atoms with Crippen molar-refractivity contribution in [3.05, 3.63) is 87.0 Å². The first-order chi connectivity index (χ1) is 15.0. The fourth-order valence-electron chi connectivity index (χ4n) is 2.78. The Kier molecular flexibility index (Phi) is 7.88. The van der Waals surface area contributed by atoms with Gasteiger partial charge in [-0.25, -0.2) is 5.43 Å². The fraction of sp³-hybridized carbons (Fsp3) is 0.167. The summed E-state index contributed by atoms with van der Waals surface area (Å²) in [5.74, 6) is 0.964. The van der Waals surface area contributed by atoms with E-state index in [9.17, 15) is 4.79 Å². The molecule has 3 aromatic carbocycles. The van der Waals surface area contributed by atoms with Gasteiger partial charge in [-0.15, -0.1) is 0 Å². The molecule has 0 bridgehead atoms. The van der Waals surface area contributed by atoms with Crippen molar-refractivity contribution < 1.29 is 14.3 Å². The Labute approximate surface area is 196 Å². The zero-order chi connectivity index (χ0) is 22.2. The number of amides is 1. The number of hydrazone groups is 1. The number of halogens is 1. The second kappa shape index (κ2) is 10.8. The van der Waals surface area contributed by atoms with E-state index in [-0.39, 0.29) is 5.91 Å². The van der Waals surface area contributed by atoms with Gasteiger partial charge in [-0.1, -0.05) is 18.2 Å². The first-order valence-corrected chi connectivity index (χ1v) is 10.7. The molecule has 1 N–H and O–H groups in total. The number of ether oxygens (including phenoxy) is 2. The Morgan fingerprint density at radius 3 is 2.55 bits per heavy atom. The summed E-state index contributed by atoms with van der Waals surface area (Å²) < 4.78 is 12.5. The highest BCUT2D eigenvalue weighted by molar-refractivity contribution is 14.1. The molecule has 0 spiro atoms. The minimum Gasteiger partial charge on any atom is -0.493 e. The highest BCUT2D eigenvalue weighted by Crippen LogP contribution is 2.28. The number of hydrogen-bond donors (Lipinski definition) is 1. The van der Waals surface area contributed by atoms with Crippen LogP contribution < -0.4 is 19.8 Å². The van der Waals surface area contributed by atoms with Crippen molar-refractivity contribution in [3.63, 3.8) is 0 Å². The van der Waals surface area contributed by atoms with Crippen LogP contribution in [0, 0.1) is 3.57 Å². The highest BCUT2D eigenvalue weighted by Gasteiger charge is 2.08. The number of hydrogen-bond acceptors (Lipinski definition) is 5. The molecule has 6 nitrogen and oxygen atoms in total. The van der Waals surface area contributed by atoms with E-state index >= 15 is 0 Å². The van der Waals surface area contributed by atoms with Crippen LogP contribution in [-0.2, 0) is 6.61 Å². The van der Waals surface area contributed by atoms with E-state index in [0.29, 0.717) is 23.7 Å². The standard InChI is InChI=1S/C24H24IN3O3/c1-28(2)21-6-4-5-19(14-21)24(29)27-26-15-18-9-12-22(23(13-18)30-3)31-16-17-7-10-20(25)11-8-17/h4-15H,16H2,1-3H3,(H,27,29). The van der Waals surface area contributed by atoms with Gasteiger partial charge in [0, 0.05) is 28.9 Å². The van der Waals surface area contributed by atoms with Crippen LogP contribution in [0.15, 0.2) is 71.8 Å². The van der Waals surface area contributed by atoms with Gasteiger partial charge in [0.1, 0.15) is 6.61 Å². The van der Waals surface area contributed by atoms with Crippen LogP contribution in [0.5, 0.6) is 11.5 Å². The summed E-state index contributed by atoms with van der Waals surface area (Å²) in [6, 6.07) is 21.0. The fourth-order valence-corrected chi connectivity index (χ4v) is 3.14. The van der Waals surface area contributed by atoms with Crippen LogP contribution in [0.4, 0.5) is 5.69 Å². The molecule has 3 aromatic rings. The van der Waals surface area contributed by atoms with Crippen molar-refractivity contribution in [3.8, 4) is 11.5 Å². The van der Waals surface area contributed by atoms with E-state index in [0.717, 1.165) is 16.8 Å². The second-order valence-electron chi connectivity index (χ2n) is 6.97. The number of nitrogens with zero attached hydrogens (tertiary/aromatic N) is 2. The number of nitrogens with one attached hydrogen (secondary N) is 1. The molecule has 0 unspecified atom stereocenters. The van der Waals surface area contributed by atoms with E-state index in [1.165, 1.54) is 3.57 Å². The molecule has 0 saturated heterocycles. The van der Waals surface area contributed by atoms with Gasteiger partial charge >= 0.3 is 0 Å². The summed E-state index contributed by atoms with van der Waals surface area (Å²) >= 11 is 2.27. The predicted molar refractivity (Wildman–Crippen MR) is 132 cm³/mol. The van der Waals surface area contributed by atoms with E-state index in [1.807, 2.05) is 79.7 Å². The van der Waals surface area contributed by atoms with Gasteiger partial charge < -0.3 is 14.4 Å². The lowest BCUT2D eigenvalue weighted by Crippen LogP contribution is -2.18. The SMILES string of the molecule is COc1cc(C=NNC(=O)c2cccc(N(C)C)c2)ccc1OCc1ccc(I)cc1. The maximum atomic E-state index is 12.3. The average Bonchev–Trinajstić information content (AvgIpc) is 2.79. The van der Waals surface area contributed by atoms with Gasteiger partial charge in [0.05, 0.1) is 13.3 Å². The molecular formula is C24H24IN3O3. The van der Waals surface area contributed by atoms with Crippen molar-refractivity contribution in [2.45, 2.75) is 6.61 Å². The van der Waals surface area contributed by atoms with Crippen molar-refractivity contribution >= 4 is 40.4 Å². The maximum absolute atomic E-state index is 12.3.